The van der Waals surface area contributed by atoms with Gasteiger partial charge in [0.25, 0.3) is 5.91 Å². The third kappa shape index (κ3) is 4.13. The Kier molecular flexibility index (Phi) is 6.70. The molecule has 0 saturated heterocycles. The van der Waals surface area contributed by atoms with Crippen LogP contribution < -0.4 is 5.32 Å². The van der Waals surface area contributed by atoms with Crippen LogP contribution >= 0.6 is 11.8 Å². The fourth-order valence-electron chi connectivity index (χ4n) is 1.96. The monoisotopic (exact) mass is 281 g/mol. The number of amides is 1. The molecule has 5 heteroatoms. The Bertz CT molecular complexity index is 411. The van der Waals surface area contributed by atoms with Gasteiger partial charge in [0.1, 0.15) is 0 Å². The minimum absolute atomic E-state index is 0.0549. The fraction of sp³-hybridized carbons (Fsp3) is 0.571. The lowest BCUT2D eigenvalue weighted by molar-refractivity contribution is 0.0744. The number of carbonyl (C=O) groups excluding carboxylic acids is 1. The van der Waals surface area contributed by atoms with Crippen molar-refractivity contribution in [1.29, 1.82) is 0 Å². The van der Waals surface area contributed by atoms with E-state index < -0.39 is 0 Å². The first kappa shape index (κ1) is 15.8. The number of rotatable bonds is 7. The average molecular weight is 281 g/mol. The summed E-state index contributed by atoms with van der Waals surface area (Å²) in [5.74, 6) is 1.01. The second-order valence-corrected chi connectivity index (χ2v) is 5.30. The highest BCUT2D eigenvalue weighted by molar-refractivity contribution is 7.98. The summed E-state index contributed by atoms with van der Waals surface area (Å²) in [6.07, 6.45) is 6.40. The van der Waals surface area contributed by atoms with E-state index in [2.05, 4.69) is 23.5 Å². The smallest absolute Gasteiger partial charge is 0.256 e. The first-order valence-corrected chi connectivity index (χ1v) is 7.99. The van der Waals surface area contributed by atoms with Crippen molar-refractivity contribution in [2.45, 2.75) is 26.3 Å². The van der Waals surface area contributed by atoms with Gasteiger partial charge in [0.2, 0.25) is 0 Å². The average Bonchev–Trinajstić information content (AvgIpc) is 2.44. The first-order chi connectivity index (χ1) is 9.15. The van der Waals surface area contributed by atoms with E-state index in [4.69, 9.17) is 0 Å². The molecule has 0 saturated carbocycles. The summed E-state index contributed by atoms with van der Waals surface area (Å²) < 4.78 is 0. The van der Waals surface area contributed by atoms with Gasteiger partial charge in [-0.25, -0.2) is 0 Å². The largest absolute Gasteiger partial charge is 0.383 e. The standard InChI is InChI=1S/C14H23N3OS/c1-5-11(10-19-4)17(3)14(18)12-7-8-15-9-13(12)16-6-2/h7-9,11,16H,5-6,10H2,1-4H3. The summed E-state index contributed by atoms with van der Waals surface area (Å²) in [5.41, 5.74) is 1.50. The minimum Gasteiger partial charge on any atom is -0.383 e. The molecule has 0 fully saturated rings. The van der Waals surface area contributed by atoms with E-state index in [1.165, 1.54) is 0 Å². The Balaban J connectivity index is 2.92. The van der Waals surface area contributed by atoms with E-state index in [-0.39, 0.29) is 11.9 Å². The summed E-state index contributed by atoms with van der Waals surface area (Å²) in [6, 6.07) is 2.05. The molecule has 1 N–H and O–H groups in total. The van der Waals surface area contributed by atoms with E-state index in [9.17, 15) is 4.79 Å². The number of nitrogens with one attached hydrogen (secondary N) is 1. The van der Waals surface area contributed by atoms with Crippen LogP contribution in [0, 0.1) is 0 Å². The molecule has 1 rings (SSSR count). The van der Waals surface area contributed by atoms with Crippen LogP contribution in [0.1, 0.15) is 30.6 Å². The van der Waals surface area contributed by atoms with Crippen molar-refractivity contribution >= 4 is 23.4 Å². The molecule has 4 nitrogen and oxygen atoms in total. The molecular weight excluding hydrogens is 258 g/mol. The van der Waals surface area contributed by atoms with Gasteiger partial charge < -0.3 is 10.2 Å². The van der Waals surface area contributed by atoms with E-state index in [1.54, 1.807) is 30.2 Å². The molecule has 0 aromatic carbocycles. The molecule has 0 aliphatic rings. The van der Waals surface area contributed by atoms with Crippen molar-refractivity contribution in [3.63, 3.8) is 0 Å². The summed E-state index contributed by atoms with van der Waals surface area (Å²) in [6.45, 7) is 4.90. The minimum atomic E-state index is 0.0549. The van der Waals surface area contributed by atoms with Crippen LogP contribution in [0.15, 0.2) is 18.5 Å². The number of aromatic nitrogens is 1. The Hall–Kier alpha value is -1.23. The van der Waals surface area contributed by atoms with Crippen molar-refractivity contribution in [1.82, 2.24) is 9.88 Å². The molecule has 1 aromatic rings. The van der Waals surface area contributed by atoms with Crippen molar-refractivity contribution in [3.05, 3.63) is 24.0 Å². The lowest BCUT2D eigenvalue weighted by Gasteiger charge is -2.27. The van der Waals surface area contributed by atoms with Crippen LogP contribution in [0.3, 0.4) is 0 Å². The molecule has 19 heavy (non-hydrogen) atoms. The zero-order valence-electron chi connectivity index (χ0n) is 12.1. The normalized spacial score (nSPS) is 12.0. The maximum Gasteiger partial charge on any atom is 0.256 e. The lowest BCUT2D eigenvalue weighted by Crippen LogP contribution is -2.38. The van der Waals surface area contributed by atoms with Gasteiger partial charge >= 0.3 is 0 Å². The van der Waals surface area contributed by atoms with E-state index in [1.807, 2.05) is 18.9 Å². The number of hydrogen-bond donors (Lipinski definition) is 1. The molecule has 106 valence electrons. The van der Waals surface area contributed by atoms with Crippen LogP contribution in [-0.2, 0) is 0 Å². The summed E-state index contributed by atoms with van der Waals surface area (Å²) in [7, 11) is 1.88. The molecule has 0 bridgehead atoms. The molecule has 1 atom stereocenters. The number of nitrogens with zero attached hydrogens (tertiary/aromatic N) is 2. The second kappa shape index (κ2) is 8.04. The van der Waals surface area contributed by atoms with E-state index in [0.29, 0.717) is 5.56 Å². The van der Waals surface area contributed by atoms with Gasteiger partial charge in [0.05, 0.1) is 17.4 Å². The number of anilines is 1. The zero-order chi connectivity index (χ0) is 14.3. The van der Waals surface area contributed by atoms with Gasteiger partial charge in [-0.05, 0) is 25.7 Å². The summed E-state index contributed by atoms with van der Waals surface area (Å²) >= 11 is 1.77. The van der Waals surface area contributed by atoms with Gasteiger partial charge in [-0.2, -0.15) is 11.8 Å². The molecule has 0 aliphatic heterocycles. The first-order valence-electron chi connectivity index (χ1n) is 6.59. The van der Waals surface area contributed by atoms with Crippen molar-refractivity contribution in [3.8, 4) is 0 Å². The van der Waals surface area contributed by atoms with Gasteiger partial charge in [0.15, 0.2) is 0 Å². The third-order valence-corrected chi connectivity index (χ3v) is 3.84. The maximum absolute atomic E-state index is 12.6. The number of hydrogen-bond acceptors (Lipinski definition) is 4. The van der Waals surface area contributed by atoms with Crippen LogP contribution in [0.5, 0.6) is 0 Å². The topological polar surface area (TPSA) is 45.2 Å². The Morgan fingerprint density at radius 3 is 2.84 bits per heavy atom. The Morgan fingerprint density at radius 1 is 1.53 bits per heavy atom. The zero-order valence-corrected chi connectivity index (χ0v) is 13.0. The summed E-state index contributed by atoms with van der Waals surface area (Å²) in [5, 5.41) is 3.19. The molecule has 1 aromatic heterocycles. The van der Waals surface area contributed by atoms with Gasteiger partial charge in [-0.15, -0.1) is 0 Å². The van der Waals surface area contributed by atoms with Gasteiger partial charge in [-0.3, -0.25) is 9.78 Å². The van der Waals surface area contributed by atoms with Gasteiger partial charge in [0, 0.05) is 31.6 Å². The highest BCUT2D eigenvalue weighted by atomic mass is 32.2. The van der Waals surface area contributed by atoms with Gasteiger partial charge in [-0.1, -0.05) is 6.92 Å². The predicted octanol–water partition coefficient (Wildman–Crippen LogP) is 2.73. The molecule has 0 radical (unpaired) electrons. The number of carbonyl (C=O) groups is 1. The SMILES string of the molecule is CCNc1cnccc1C(=O)N(C)C(CC)CSC. The second-order valence-electron chi connectivity index (χ2n) is 4.39. The van der Waals surface area contributed by atoms with Crippen molar-refractivity contribution in [2.75, 3.05) is 30.9 Å². The molecule has 0 spiro atoms. The van der Waals surface area contributed by atoms with Crippen LogP contribution in [0.25, 0.3) is 0 Å². The molecule has 1 amide bonds. The Morgan fingerprint density at radius 2 is 2.26 bits per heavy atom. The molecule has 0 aliphatic carbocycles. The molecular formula is C14H23N3OS. The number of thioether (sulfide) groups is 1. The van der Waals surface area contributed by atoms with E-state index in [0.717, 1.165) is 24.4 Å². The molecule has 1 heterocycles. The number of pyridine rings is 1. The predicted molar refractivity (Wildman–Crippen MR) is 83.0 cm³/mol. The molecule has 1 unspecified atom stereocenters. The maximum atomic E-state index is 12.6. The van der Waals surface area contributed by atoms with Crippen molar-refractivity contribution < 1.29 is 4.79 Å². The van der Waals surface area contributed by atoms with E-state index >= 15 is 0 Å². The lowest BCUT2D eigenvalue weighted by atomic mass is 10.1. The Labute approximate surface area is 120 Å². The highest BCUT2D eigenvalue weighted by Crippen LogP contribution is 2.18. The summed E-state index contributed by atoms with van der Waals surface area (Å²) in [4.78, 5) is 18.5. The van der Waals surface area contributed by atoms with Crippen LogP contribution in [-0.4, -0.2) is 47.4 Å². The fourth-order valence-corrected chi connectivity index (χ4v) is 2.81. The van der Waals surface area contributed by atoms with Crippen LogP contribution in [0.2, 0.25) is 0 Å². The highest BCUT2D eigenvalue weighted by Gasteiger charge is 2.21. The van der Waals surface area contributed by atoms with Crippen molar-refractivity contribution in [2.24, 2.45) is 0 Å². The third-order valence-electron chi connectivity index (χ3n) is 3.12. The quantitative estimate of drug-likeness (QED) is 0.834. The van der Waals surface area contributed by atoms with Crippen LogP contribution in [0.4, 0.5) is 5.69 Å².